The SMILES string of the molecule is CC1CCCCC1Oc1ncc(C(=O)O)cc1N. The van der Waals surface area contributed by atoms with Crippen molar-refractivity contribution in [2.75, 3.05) is 5.73 Å². The summed E-state index contributed by atoms with van der Waals surface area (Å²) >= 11 is 0. The van der Waals surface area contributed by atoms with Crippen LogP contribution >= 0.6 is 0 Å². The van der Waals surface area contributed by atoms with E-state index in [0.29, 0.717) is 11.8 Å². The molecule has 1 heterocycles. The van der Waals surface area contributed by atoms with E-state index in [0.717, 1.165) is 19.3 Å². The quantitative estimate of drug-likeness (QED) is 0.859. The van der Waals surface area contributed by atoms with Crippen LogP contribution in [-0.4, -0.2) is 22.2 Å². The molecule has 5 nitrogen and oxygen atoms in total. The smallest absolute Gasteiger partial charge is 0.337 e. The van der Waals surface area contributed by atoms with Gasteiger partial charge >= 0.3 is 5.97 Å². The highest BCUT2D eigenvalue weighted by atomic mass is 16.5. The van der Waals surface area contributed by atoms with Crippen molar-refractivity contribution < 1.29 is 14.6 Å². The molecule has 2 unspecified atom stereocenters. The Hall–Kier alpha value is -1.78. The molecule has 3 N–H and O–H groups in total. The minimum absolute atomic E-state index is 0.0801. The molecule has 1 aliphatic rings. The van der Waals surface area contributed by atoms with Gasteiger partial charge in [0, 0.05) is 6.20 Å². The summed E-state index contributed by atoms with van der Waals surface area (Å²) < 4.78 is 5.80. The van der Waals surface area contributed by atoms with Crippen LogP contribution in [-0.2, 0) is 0 Å². The minimum atomic E-state index is -1.04. The van der Waals surface area contributed by atoms with E-state index in [-0.39, 0.29) is 17.4 Å². The van der Waals surface area contributed by atoms with E-state index < -0.39 is 5.97 Å². The Kier molecular flexibility index (Phi) is 3.69. The number of nitrogen functional groups attached to an aromatic ring is 1. The predicted molar refractivity (Wildman–Crippen MR) is 67.7 cm³/mol. The molecule has 0 bridgehead atoms. The molecule has 1 fully saturated rings. The van der Waals surface area contributed by atoms with Crippen molar-refractivity contribution in [1.82, 2.24) is 4.98 Å². The van der Waals surface area contributed by atoms with Gasteiger partial charge in [-0.3, -0.25) is 0 Å². The van der Waals surface area contributed by atoms with Crippen LogP contribution in [0.3, 0.4) is 0 Å². The van der Waals surface area contributed by atoms with Crippen molar-refractivity contribution in [3.63, 3.8) is 0 Å². The van der Waals surface area contributed by atoms with Gasteiger partial charge in [-0.15, -0.1) is 0 Å². The molecule has 0 aromatic carbocycles. The number of carbonyl (C=O) groups is 1. The standard InChI is InChI=1S/C13H18N2O3/c1-8-4-2-3-5-11(8)18-12-10(14)6-9(7-15-12)13(16)17/h6-8,11H,2-5,14H2,1H3,(H,16,17). The van der Waals surface area contributed by atoms with Crippen molar-refractivity contribution in [2.24, 2.45) is 5.92 Å². The summed E-state index contributed by atoms with van der Waals surface area (Å²) in [6, 6.07) is 1.39. The van der Waals surface area contributed by atoms with Gasteiger partial charge in [0.1, 0.15) is 6.10 Å². The first-order chi connectivity index (χ1) is 8.58. The lowest BCUT2D eigenvalue weighted by Crippen LogP contribution is -2.29. The summed E-state index contributed by atoms with van der Waals surface area (Å²) in [6.07, 6.45) is 5.95. The number of rotatable bonds is 3. The lowest BCUT2D eigenvalue weighted by Gasteiger charge is -2.29. The third-order valence-electron chi connectivity index (χ3n) is 3.42. The number of aromatic carboxylic acids is 1. The lowest BCUT2D eigenvalue weighted by molar-refractivity contribution is 0.0696. The second-order valence-corrected chi connectivity index (χ2v) is 4.84. The summed E-state index contributed by atoms with van der Waals surface area (Å²) in [5, 5.41) is 8.83. The molecule has 0 aliphatic heterocycles. The van der Waals surface area contributed by atoms with Crippen molar-refractivity contribution >= 4 is 11.7 Å². The van der Waals surface area contributed by atoms with Crippen molar-refractivity contribution in [3.8, 4) is 5.88 Å². The highest BCUT2D eigenvalue weighted by molar-refractivity contribution is 5.88. The van der Waals surface area contributed by atoms with Gasteiger partial charge in [-0.2, -0.15) is 0 Å². The van der Waals surface area contributed by atoms with Crippen LogP contribution in [0.15, 0.2) is 12.3 Å². The first-order valence-electron chi connectivity index (χ1n) is 6.23. The van der Waals surface area contributed by atoms with E-state index in [2.05, 4.69) is 11.9 Å². The predicted octanol–water partition coefficient (Wildman–Crippen LogP) is 2.32. The number of anilines is 1. The molecule has 2 rings (SSSR count). The molecule has 2 atom stereocenters. The summed E-state index contributed by atoms with van der Waals surface area (Å²) in [6.45, 7) is 2.16. The highest BCUT2D eigenvalue weighted by Crippen LogP contribution is 2.29. The molecule has 1 saturated carbocycles. The molecule has 1 aromatic rings. The third kappa shape index (κ3) is 2.72. The molecule has 0 spiro atoms. The molecular weight excluding hydrogens is 232 g/mol. The van der Waals surface area contributed by atoms with Gasteiger partial charge in [0.05, 0.1) is 11.3 Å². The Bertz CT molecular complexity index is 448. The van der Waals surface area contributed by atoms with Crippen LogP contribution in [0.1, 0.15) is 43.0 Å². The summed E-state index contributed by atoms with van der Waals surface area (Å²) in [7, 11) is 0. The zero-order valence-electron chi connectivity index (χ0n) is 10.4. The minimum Gasteiger partial charge on any atom is -0.478 e. The van der Waals surface area contributed by atoms with E-state index in [9.17, 15) is 4.79 Å². The van der Waals surface area contributed by atoms with E-state index in [1.165, 1.54) is 18.7 Å². The molecule has 18 heavy (non-hydrogen) atoms. The van der Waals surface area contributed by atoms with Crippen LogP contribution in [0.4, 0.5) is 5.69 Å². The number of hydrogen-bond acceptors (Lipinski definition) is 4. The van der Waals surface area contributed by atoms with Gasteiger partial charge < -0.3 is 15.6 Å². The summed E-state index contributed by atoms with van der Waals surface area (Å²) in [5.74, 6) is -0.204. The number of carboxylic acid groups (broad SMARTS) is 1. The van der Waals surface area contributed by atoms with Crippen molar-refractivity contribution in [2.45, 2.75) is 38.7 Å². The fourth-order valence-corrected chi connectivity index (χ4v) is 2.29. The van der Waals surface area contributed by atoms with Crippen LogP contribution in [0.2, 0.25) is 0 Å². The maximum atomic E-state index is 10.8. The molecular formula is C13H18N2O3. The molecule has 0 saturated heterocycles. The Morgan fingerprint density at radius 2 is 2.22 bits per heavy atom. The Morgan fingerprint density at radius 3 is 2.83 bits per heavy atom. The van der Waals surface area contributed by atoms with Crippen molar-refractivity contribution in [3.05, 3.63) is 17.8 Å². The van der Waals surface area contributed by atoms with E-state index in [1.807, 2.05) is 0 Å². The normalized spacial score (nSPS) is 23.6. The lowest BCUT2D eigenvalue weighted by atomic mass is 9.88. The molecule has 0 amide bonds. The summed E-state index contributed by atoms with van der Waals surface area (Å²) in [4.78, 5) is 14.8. The van der Waals surface area contributed by atoms with Crippen LogP contribution in [0, 0.1) is 5.92 Å². The van der Waals surface area contributed by atoms with Gasteiger partial charge in [0.2, 0.25) is 5.88 Å². The molecule has 1 aliphatic carbocycles. The van der Waals surface area contributed by atoms with Gasteiger partial charge in [-0.05, 0) is 31.2 Å². The van der Waals surface area contributed by atoms with Gasteiger partial charge in [0.15, 0.2) is 0 Å². The molecule has 5 heteroatoms. The van der Waals surface area contributed by atoms with Gasteiger partial charge in [0.25, 0.3) is 0 Å². The average Bonchev–Trinajstić information content (AvgIpc) is 2.34. The Labute approximate surface area is 106 Å². The number of ether oxygens (including phenoxy) is 1. The molecule has 98 valence electrons. The fraction of sp³-hybridized carbons (Fsp3) is 0.538. The highest BCUT2D eigenvalue weighted by Gasteiger charge is 2.24. The van der Waals surface area contributed by atoms with E-state index in [4.69, 9.17) is 15.6 Å². The number of hydrogen-bond donors (Lipinski definition) is 2. The average molecular weight is 250 g/mol. The van der Waals surface area contributed by atoms with Gasteiger partial charge in [-0.1, -0.05) is 13.3 Å². The number of nitrogens with two attached hydrogens (primary N) is 1. The van der Waals surface area contributed by atoms with Crippen LogP contribution in [0.5, 0.6) is 5.88 Å². The third-order valence-corrected chi connectivity index (χ3v) is 3.42. The van der Waals surface area contributed by atoms with Crippen LogP contribution in [0.25, 0.3) is 0 Å². The monoisotopic (exact) mass is 250 g/mol. The van der Waals surface area contributed by atoms with Crippen molar-refractivity contribution in [1.29, 1.82) is 0 Å². The number of nitrogens with zero attached hydrogens (tertiary/aromatic N) is 1. The molecule has 1 aromatic heterocycles. The second-order valence-electron chi connectivity index (χ2n) is 4.84. The summed E-state index contributed by atoms with van der Waals surface area (Å²) in [5.41, 5.74) is 6.14. The zero-order chi connectivity index (χ0) is 13.1. The fourth-order valence-electron chi connectivity index (χ4n) is 2.29. The maximum Gasteiger partial charge on any atom is 0.337 e. The topological polar surface area (TPSA) is 85.4 Å². The number of aromatic nitrogens is 1. The first kappa shape index (κ1) is 12.7. The first-order valence-corrected chi connectivity index (χ1v) is 6.23. The largest absolute Gasteiger partial charge is 0.478 e. The number of pyridine rings is 1. The molecule has 0 radical (unpaired) electrons. The van der Waals surface area contributed by atoms with Gasteiger partial charge in [-0.25, -0.2) is 9.78 Å². The van der Waals surface area contributed by atoms with Crippen LogP contribution < -0.4 is 10.5 Å². The number of carboxylic acids is 1. The maximum absolute atomic E-state index is 10.8. The van der Waals surface area contributed by atoms with E-state index >= 15 is 0 Å². The zero-order valence-corrected chi connectivity index (χ0v) is 10.4. The van der Waals surface area contributed by atoms with E-state index in [1.54, 1.807) is 0 Å². The Balaban J connectivity index is 2.11. The Morgan fingerprint density at radius 1 is 1.50 bits per heavy atom. The second kappa shape index (κ2) is 5.25.